The van der Waals surface area contributed by atoms with Gasteiger partial charge in [-0.1, -0.05) is 11.6 Å². The summed E-state index contributed by atoms with van der Waals surface area (Å²) in [4.78, 5) is 14.1. The summed E-state index contributed by atoms with van der Waals surface area (Å²) in [5.41, 5.74) is 1.19. The Balaban J connectivity index is 1.66. The van der Waals surface area contributed by atoms with Gasteiger partial charge >= 0.3 is 6.09 Å². The van der Waals surface area contributed by atoms with Gasteiger partial charge in [0.05, 0.1) is 0 Å². The highest BCUT2D eigenvalue weighted by Gasteiger charge is 2.28. The van der Waals surface area contributed by atoms with Crippen molar-refractivity contribution in [2.24, 2.45) is 0 Å². The highest BCUT2D eigenvalue weighted by Crippen LogP contribution is 2.28. The number of alkyl carbamates (subject to hydrolysis) is 1. The summed E-state index contributed by atoms with van der Waals surface area (Å²) in [5.74, 6) is 0. The summed E-state index contributed by atoms with van der Waals surface area (Å²) in [5, 5.41) is 2.84. The molecule has 0 unspecified atom stereocenters. The van der Waals surface area contributed by atoms with Gasteiger partial charge in [0.15, 0.2) is 0 Å². The van der Waals surface area contributed by atoms with E-state index in [4.69, 9.17) is 4.74 Å². The minimum Gasteiger partial charge on any atom is -0.444 e. The van der Waals surface area contributed by atoms with Crippen molar-refractivity contribution in [1.29, 1.82) is 0 Å². The number of hydrogen-bond donors (Lipinski definition) is 1. The number of hydrogen-bond acceptors (Lipinski definition) is 3. The molecule has 2 saturated carbocycles. The van der Waals surface area contributed by atoms with Gasteiger partial charge in [0.25, 0.3) is 0 Å². The molecule has 0 heterocycles. The van der Waals surface area contributed by atoms with Crippen LogP contribution < -0.4 is 5.32 Å². The average molecular weight is 280 g/mol. The Bertz CT molecular complexity index is 361. The Kier molecular flexibility index (Phi) is 5.08. The van der Waals surface area contributed by atoms with Crippen molar-refractivity contribution in [1.82, 2.24) is 10.2 Å². The molecule has 0 spiro atoms. The molecule has 4 nitrogen and oxygen atoms in total. The van der Waals surface area contributed by atoms with Crippen LogP contribution >= 0.6 is 0 Å². The zero-order chi connectivity index (χ0) is 14.6. The fraction of sp³-hybridized carbons (Fsp3) is 0.812. The first-order chi connectivity index (χ1) is 9.44. The van der Waals surface area contributed by atoms with E-state index in [0.29, 0.717) is 6.54 Å². The SMILES string of the molecule is CC(C)(C)OC(=O)NCCN(CC=C1CCC1)C1CC1. The third-order valence-electron chi connectivity index (χ3n) is 3.74. The summed E-state index contributed by atoms with van der Waals surface area (Å²) >= 11 is 0. The Morgan fingerprint density at radius 3 is 2.60 bits per heavy atom. The zero-order valence-corrected chi connectivity index (χ0v) is 13.1. The molecule has 0 bridgehead atoms. The van der Waals surface area contributed by atoms with Crippen LogP contribution in [0, 0.1) is 0 Å². The number of ether oxygens (including phenoxy) is 1. The van der Waals surface area contributed by atoms with Gasteiger partial charge in [0, 0.05) is 25.7 Å². The van der Waals surface area contributed by atoms with Crippen molar-refractivity contribution in [2.45, 2.75) is 64.5 Å². The molecule has 0 aromatic rings. The molecule has 4 heteroatoms. The van der Waals surface area contributed by atoms with E-state index in [1.807, 2.05) is 20.8 Å². The first kappa shape index (κ1) is 15.4. The fourth-order valence-electron chi connectivity index (χ4n) is 2.31. The Hall–Kier alpha value is -1.03. The van der Waals surface area contributed by atoms with Gasteiger partial charge in [-0.3, -0.25) is 4.90 Å². The van der Waals surface area contributed by atoms with Crippen LogP contribution in [0.4, 0.5) is 4.79 Å². The Labute approximate surface area is 122 Å². The quantitative estimate of drug-likeness (QED) is 0.760. The van der Waals surface area contributed by atoms with Crippen LogP contribution in [0.25, 0.3) is 0 Å². The third kappa shape index (κ3) is 5.53. The number of nitrogens with one attached hydrogen (secondary N) is 1. The van der Waals surface area contributed by atoms with E-state index < -0.39 is 5.60 Å². The van der Waals surface area contributed by atoms with Crippen LogP contribution in [0.2, 0.25) is 0 Å². The largest absolute Gasteiger partial charge is 0.444 e. The third-order valence-corrected chi connectivity index (χ3v) is 3.74. The molecule has 2 rings (SSSR count). The topological polar surface area (TPSA) is 41.6 Å². The molecule has 0 aromatic carbocycles. The molecule has 2 aliphatic rings. The van der Waals surface area contributed by atoms with Crippen molar-refractivity contribution < 1.29 is 9.53 Å². The summed E-state index contributed by atoms with van der Waals surface area (Å²) in [6.07, 6.45) is 8.60. The minimum atomic E-state index is -0.422. The molecule has 0 aromatic heterocycles. The molecule has 2 aliphatic carbocycles. The maximum absolute atomic E-state index is 11.6. The highest BCUT2D eigenvalue weighted by molar-refractivity contribution is 5.67. The average Bonchev–Trinajstić information content (AvgIpc) is 3.05. The maximum atomic E-state index is 11.6. The summed E-state index contributed by atoms with van der Waals surface area (Å²) in [7, 11) is 0. The molecule has 0 radical (unpaired) electrons. The van der Waals surface area contributed by atoms with Gasteiger partial charge in [0.1, 0.15) is 5.60 Å². The maximum Gasteiger partial charge on any atom is 0.407 e. The number of amides is 1. The van der Waals surface area contributed by atoms with E-state index in [9.17, 15) is 4.79 Å². The van der Waals surface area contributed by atoms with Crippen molar-refractivity contribution in [2.75, 3.05) is 19.6 Å². The predicted octanol–water partition coefficient (Wildman–Crippen LogP) is 3.09. The molecule has 1 amide bonds. The molecule has 0 saturated heterocycles. The monoisotopic (exact) mass is 280 g/mol. The van der Waals surface area contributed by atoms with Crippen LogP contribution in [0.1, 0.15) is 52.9 Å². The lowest BCUT2D eigenvalue weighted by Crippen LogP contribution is -2.39. The fourth-order valence-corrected chi connectivity index (χ4v) is 2.31. The molecule has 20 heavy (non-hydrogen) atoms. The van der Waals surface area contributed by atoms with Crippen LogP contribution in [-0.4, -0.2) is 42.3 Å². The first-order valence-corrected chi connectivity index (χ1v) is 7.83. The molecule has 114 valence electrons. The Morgan fingerprint density at radius 1 is 1.40 bits per heavy atom. The molecule has 0 atom stereocenters. The normalized spacial score (nSPS) is 18.7. The number of nitrogens with zero attached hydrogens (tertiary/aromatic N) is 1. The molecule has 1 N–H and O–H groups in total. The van der Waals surface area contributed by atoms with Crippen molar-refractivity contribution in [3.63, 3.8) is 0 Å². The predicted molar refractivity (Wildman–Crippen MR) is 80.8 cm³/mol. The second kappa shape index (κ2) is 6.61. The van der Waals surface area contributed by atoms with Gasteiger partial charge < -0.3 is 10.1 Å². The van der Waals surface area contributed by atoms with Gasteiger partial charge in [-0.25, -0.2) is 4.79 Å². The van der Waals surface area contributed by atoms with E-state index in [-0.39, 0.29) is 6.09 Å². The van der Waals surface area contributed by atoms with Crippen molar-refractivity contribution in [3.8, 4) is 0 Å². The number of rotatable bonds is 6. The van der Waals surface area contributed by atoms with Crippen molar-refractivity contribution in [3.05, 3.63) is 11.6 Å². The standard InChI is InChI=1S/C16H28N2O2/c1-16(2,3)20-15(19)17-10-12-18(14-7-8-14)11-9-13-5-4-6-13/h9,14H,4-8,10-12H2,1-3H3,(H,17,19). The van der Waals surface area contributed by atoms with Crippen LogP contribution in [-0.2, 0) is 4.74 Å². The van der Waals surface area contributed by atoms with E-state index in [0.717, 1.165) is 19.1 Å². The van der Waals surface area contributed by atoms with Gasteiger partial charge in [-0.05, 0) is 52.9 Å². The van der Waals surface area contributed by atoms with Crippen LogP contribution in [0.3, 0.4) is 0 Å². The Morgan fingerprint density at radius 2 is 2.10 bits per heavy atom. The molecular formula is C16H28N2O2. The number of allylic oxidation sites excluding steroid dienone is 1. The zero-order valence-electron chi connectivity index (χ0n) is 13.1. The van der Waals surface area contributed by atoms with Crippen LogP contribution in [0.15, 0.2) is 11.6 Å². The van der Waals surface area contributed by atoms with Crippen molar-refractivity contribution >= 4 is 6.09 Å². The summed E-state index contributed by atoms with van der Waals surface area (Å²) in [6, 6.07) is 0.729. The summed E-state index contributed by atoms with van der Waals surface area (Å²) in [6.45, 7) is 8.26. The second-order valence-electron chi connectivity index (χ2n) is 6.87. The molecular weight excluding hydrogens is 252 g/mol. The summed E-state index contributed by atoms with van der Waals surface area (Å²) < 4.78 is 5.24. The molecule has 2 fully saturated rings. The van der Waals surface area contributed by atoms with Gasteiger partial charge in [-0.2, -0.15) is 0 Å². The molecule has 0 aliphatic heterocycles. The van der Waals surface area contributed by atoms with E-state index >= 15 is 0 Å². The van der Waals surface area contributed by atoms with E-state index in [2.05, 4.69) is 16.3 Å². The lowest BCUT2D eigenvalue weighted by molar-refractivity contribution is 0.0522. The number of carbonyl (C=O) groups is 1. The lowest BCUT2D eigenvalue weighted by Gasteiger charge is -2.24. The van der Waals surface area contributed by atoms with Gasteiger partial charge in [-0.15, -0.1) is 0 Å². The number of carbonyl (C=O) groups excluding carboxylic acids is 1. The smallest absolute Gasteiger partial charge is 0.407 e. The van der Waals surface area contributed by atoms with Gasteiger partial charge in [0.2, 0.25) is 0 Å². The van der Waals surface area contributed by atoms with E-state index in [1.165, 1.54) is 32.1 Å². The minimum absolute atomic E-state index is 0.314. The first-order valence-electron chi connectivity index (χ1n) is 7.83. The highest BCUT2D eigenvalue weighted by atomic mass is 16.6. The second-order valence-corrected chi connectivity index (χ2v) is 6.87. The van der Waals surface area contributed by atoms with Crippen LogP contribution in [0.5, 0.6) is 0 Å². The van der Waals surface area contributed by atoms with E-state index in [1.54, 1.807) is 5.57 Å². The lowest BCUT2D eigenvalue weighted by atomic mass is 9.92.